The number of piperidine rings is 1. The van der Waals surface area contributed by atoms with Gasteiger partial charge in [0.1, 0.15) is 0 Å². The van der Waals surface area contributed by atoms with Gasteiger partial charge in [0.25, 0.3) is 0 Å². The Morgan fingerprint density at radius 3 is 2.56 bits per heavy atom. The number of carbonyl (C=O) groups is 1. The summed E-state index contributed by atoms with van der Waals surface area (Å²) in [5, 5.41) is 3.07. The van der Waals surface area contributed by atoms with Crippen molar-refractivity contribution >= 4 is 5.91 Å². The van der Waals surface area contributed by atoms with Crippen LogP contribution in [0.3, 0.4) is 0 Å². The molecule has 0 aliphatic carbocycles. The first-order chi connectivity index (χ1) is 7.69. The van der Waals surface area contributed by atoms with Gasteiger partial charge in [-0.1, -0.05) is 26.7 Å². The van der Waals surface area contributed by atoms with E-state index in [2.05, 4.69) is 12.2 Å². The van der Waals surface area contributed by atoms with E-state index in [1.165, 1.54) is 25.7 Å². The number of rotatable bonds is 5. The van der Waals surface area contributed by atoms with E-state index < -0.39 is 0 Å². The van der Waals surface area contributed by atoms with E-state index in [4.69, 9.17) is 0 Å². The minimum atomic E-state index is 0.118. The number of amides is 1. The highest BCUT2D eigenvalue weighted by Crippen LogP contribution is 2.22. The molecular formula is C13H26N2O. The van der Waals surface area contributed by atoms with E-state index >= 15 is 0 Å². The van der Waals surface area contributed by atoms with Gasteiger partial charge < -0.3 is 10.2 Å². The zero-order valence-corrected chi connectivity index (χ0v) is 11.0. The van der Waals surface area contributed by atoms with E-state index in [-0.39, 0.29) is 5.92 Å². The Labute approximate surface area is 99.6 Å². The number of carbonyl (C=O) groups excluding carboxylic acids is 1. The van der Waals surface area contributed by atoms with Crippen LogP contribution in [0.4, 0.5) is 0 Å². The van der Waals surface area contributed by atoms with Gasteiger partial charge >= 0.3 is 0 Å². The maximum Gasteiger partial charge on any atom is 0.226 e. The number of hydrogen-bond acceptors (Lipinski definition) is 2. The van der Waals surface area contributed by atoms with Gasteiger partial charge in [0.15, 0.2) is 0 Å². The molecule has 0 aromatic heterocycles. The highest BCUT2D eigenvalue weighted by atomic mass is 16.2. The summed E-state index contributed by atoms with van der Waals surface area (Å²) in [6.07, 6.45) is 5.00. The first kappa shape index (κ1) is 13.5. The summed E-state index contributed by atoms with van der Waals surface area (Å²) in [4.78, 5) is 14.1. The molecule has 1 aliphatic heterocycles. The smallest absolute Gasteiger partial charge is 0.226 e. The van der Waals surface area contributed by atoms with Crippen LogP contribution in [0.1, 0.15) is 39.5 Å². The molecule has 0 saturated carbocycles. The second-order valence-corrected chi connectivity index (χ2v) is 5.02. The lowest BCUT2D eigenvalue weighted by Crippen LogP contribution is -2.43. The molecule has 0 spiro atoms. The fourth-order valence-corrected chi connectivity index (χ4v) is 2.56. The zero-order valence-electron chi connectivity index (χ0n) is 11.0. The molecule has 16 heavy (non-hydrogen) atoms. The first-order valence-electron chi connectivity index (χ1n) is 6.62. The Hall–Kier alpha value is -0.570. The van der Waals surface area contributed by atoms with Gasteiger partial charge in [-0.3, -0.25) is 4.79 Å². The highest BCUT2D eigenvalue weighted by Gasteiger charge is 2.24. The molecule has 3 nitrogen and oxygen atoms in total. The summed E-state index contributed by atoms with van der Waals surface area (Å²) < 4.78 is 0. The molecule has 3 heteroatoms. The number of nitrogens with zero attached hydrogens (tertiary/aromatic N) is 1. The molecule has 1 fully saturated rings. The highest BCUT2D eigenvalue weighted by molar-refractivity contribution is 5.78. The van der Waals surface area contributed by atoms with Crippen LogP contribution in [-0.4, -0.2) is 37.5 Å². The predicted molar refractivity (Wildman–Crippen MR) is 67.3 cm³/mol. The quantitative estimate of drug-likeness (QED) is 0.776. The Morgan fingerprint density at radius 2 is 2.06 bits per heavy atom. The fraction of sp³-hybridized carbons (Fsp3) is 0.923. The normalized spacial score (nSPS) is 19.8. The minimum absolute atomic E-state index is 0.118. The second kappa shape index (κ2) is 6.89. The summed E-state index contributed by atoms with van der Waals surface area (Å²) in [6.45, 7) is 6.98. The lowest BCUT2D eigenvalue weighted by atomic mass is 9.92. The van der Waals surface area contributed by atoms with Crippen LogP contribution < -0.4 is 5.32 Å². The van der Waals surface area contributed by atoms with Crippen molar-refractivity contribution in [3.05, 3.63) is 0 Å². The van der Waals surface area contributed by atoms with Crippen LogP contribution in [0.15, 0.2) is 0 Å². The molecule has 1 N–H and O–H groups in total. The third-order valence-corrected chi connectivity index (χ3v) is 3.56. The van der Waals surface area contributed by atoms with Gasteiger partial charge in [-0.05, 0) is 25.8 Å². The standard InChI is InChI=1S/C13H26N2O/c1-4-5-12-6-8-15(9-7-12)13(16)11(2)10-14-3/h11-12,14H,4-10H2,1-3H3. The first-order valence-corrected chi connectivity index (χ1v) is 6.62. The summed E-state index contributed by atoms with van der Waals surface area (Å²) in [5.74, 6) is 1.30. The van der Waals surface area contributed by atoms with Crippen molar-refractivity contribution in [3.8, 4) is 0 Å². The summed E-state index contributed by atoms with van der Waals surface area (Å²) >= 11 is 0. The summed E-state index contributed by atoms with van der Waals surface area (Å²) in [7, 11) is 1.90. The maximum atomic E-state index is 12.0. The third-order valence-electron chi connectivity index (χ3n) is 3.56. The predicted octanol–water partition coefficient (Wildman–Crippen LogP) is 1.88. The summed E-state index contributed by atoms with van der Waals surface area (Å²) in [6, 6.07) is 0. The van der Waals surface area contributed by atoms with Crippen molar-refractivity contribution in [1.29, 1.82) is 0 Å². The van der Waals surface area contributed by atoms with Gasteiger partial charge in [-0.15, -0.1) is 0 Å². The number of hydrogen-bond donors (Lipinski definition) is 1. The van der Waals surface area contributed by atoms with Crippen molar-refractivity contribution in [2.24, 2.45) is 11.8 Å². The molecule has 0 aromatic carbocycles. The third kappa shape index (κ3) is 3.78. The van der Waals surface area contributed by atoms with Gasteiger partial charge in [0.2, 0.25) is 5.91 Å². The van der Waals surface area contributed by atoms with Gasteiger partial charge in [0, 0.05) is 25.6 Å². The molecule has 1 saturated heterocycles. The van der Waals surface area contributed by atoms with E-state index in [0.29, 0.717) is 5.91 Å². The Morgan fingerprint density at radius 1 is 1.44 bits per heavy atom. The molecular weight excluding hydrogens is 200 g/mol. The van der Waals surface area contributed by atoms with Crippen molar-refractivity contribution < 1.29 is 4.79 Å². The monoisotopic (exact) mass is 226 g/mol. The molecule has 0 bridgehead atoms. The number of likely N-dealkylation sites (tertiary alicyclic amines) is 1. The molecule has 94 valence electrons. The van der Waals surface area contributed by atoms with Crippen LogP contribution >= 0.6 is 0 Å². The second-order valence-electron chi connectivity index (χ2n) is 5.02. The van der Waals surface area contributed by atoms with Gasteiger partial charge in [-0.25, -0.2) is 0 Å². The molecule has 1 unspecified atom stereocenters. The van der Waals surface area contributed by atoms with Crippen LogP contribution in [0.25, 0.3) is 0 Å². The van der Waals surface area contributed by atoms with Crippen molar-refractivity contribution in [3.63, 3.8) is 0 Å². The van der Waals surface area contributed by atoms with Crippen LogP contribution in [0.5, 0.6) is 0 Å². The molecule has 1 aliphatic rings. The molecule has 1 atom stereocenters. The van der Waals surface area contributed by atoms with Crippen LogP contribution in [0, 0.1) is 11.8 Å². The van der Waals surface area contributed by atoms with Crippen LogP contribution in [0.2, 0.25) is 0 Å². The number of nitrogens with one attached hydrogen (secondary N) is 1. The minimum Gasteiger partial charge on any atom is -0.342 e. The van der Waals surface area contributed by atoms with Crippen molar-refractivity contribution in [2.75, 3.05) is 26.7 Å². The molecule has 1 rings (SSSR count). The topological polar surface area (TPSA) is 32.3 Å². The maximum absolute atomic E-state index is 12.0. The Kier molecular flexibility index (Phi) is 5.81. The summed E-state index contributed by atoms with van der Waals surface area (Å²) in [5.41, 5.74) is 0. The molecule has 1 amide bonds. The molecule has 0 radical (unpaired) electrons. The SMILES string of the molecule is CCCC1CCN(C(=O)C(C)CNC)CC1. The average molecular weight is 226 g/mol. The van der Waals surface area contributed by atoms with E-state index in [1.807, 2.05) is 18.9 Å². The van der Waals surface area contributed by atoms with Crippen LogP contribution in [-0.2, 0) is 4.79 Å². The zero-order chi connectivity index (χ0) is 12.0. The van der Waals surface area contributed by atoms with Crippen molar-refractivity contribution in [2.45, 2.75) is 39.5 Å². The van der Waals surface area contributed by atoms with Gasteiger partial charge in [0.05, 0.1) is 0 Å². The molecule has 0 aromatic rings. The Balaban J connectivity index is 2.32. The van der Waals surface area contributed by atoms with E-state index in [1.54, 1.807) is 0 Å². The van der Waals surface area contributed by atoms with E-state index in [0.717, 1.165) is 25.6 Å². The lowest BCUT2D eigenvalue weighted by molar-refractivity contribution is -0.136. The van der Waals surface area contributed by atoms with E-state index in [9.17, 15) is 4.79 Å². The largest absolute Gasteiger partial charge is 0.342 e. The van der Waals surface area contributed by atoms with Gasteiger partial charge in [-0.2, -0.15) is 0 Å². The van der Waals surface area contributed by atoms with Crippen molar-refractivity contribution in [1.82, 2.24) is 10.2 Å². The lowest BCUT2D eigenvalue weighted by Gasteiger charge is -2.33. The molecule has 1 heterocycles. The Bertz CT molecular complexity index is 210. The average Bonchev–Trinajstić information content (AvgIpc) is 2.30. The fourth-order valence-electron chi connectivity index (χ4n) is 2.56.